The molecule has 3 heteroatoms. The van der Waals surface area contributed by atoms with E-state index in [0.29, 0.717) is 0 Å². The Hall–Kier alpha value is -5.80. The molecule has 1 atom stereocenters. The van der Waals surface area contributed by atoms with Gasteiger partial charge in [-0.05, 0) is 72.3 Å². The summed E-state index contributed by atoms with van der Waals surface area (Å²) in [6.45, 7) is 0. The highest BCUT2D eigenvalue weighted by Gasteiger charge is 2.39. The van der Waals surface area contributed by atoms with Crippen LogP contribution in [0.15, 0.2) is 152 Å². The van der Waals surface area contributed by atoms with Crippen molar-refractivity contribution in [2.75, 3.05) is 4.90 Å². The van der Waals surface area contributed by atoms with E-state index in [1.54, 1.807) is 0 Å². The predicted octanol–water partition coefficient (Wildman–Crippen LogP) is 10.3. The molecule has 8 aromatic rings. The SMILES string of the molecule is C1=C2c3ccccc3N(c3ccccc3)C2Cc2c1c1ccccc1n2-c1ccc2c(c1)c1ccccc1n2-c1ccccc1. The van der Waals surface area contributed by atoms with Crippen LogP contribution in [-0.4, -0.2) is 15.2 Å². The van der Waals surface area contributed by atoms with Gasteiger partial charge in [-0.1, -0.05) is 91.0 Å². The fourth-order valence-electron chi connectivity index (χ4n) is 7.97. The maximum absolute atomic E-state index is 2.54. The maximum atomic E-state index is 2.54. The van der Waals surface area contributed by atoms with E-state index < -0.39 is 0 Å². The highest BCUT2D eigenvalue weighted by Crippen LogP contribution is 2.50. The minimum absolute atomic E-state index is 0.226. The number of hydrogen-bond donors (Lipinski definition) is 0. The monoisotopic (exact) mass is 575 g/mol. The first-order valence-electron chi connectivity index (χ1n) is 15.7. The van der Waals surface area contributed by atoms with Gasteiger partial charge in [-0.15, -0.1) is 0 Å². The quantitative estimate of drug-likeness (QED) is 0.204. The molecule has 10 rings (SSSR count). The summed E-state index contributed by atoms with van der Waals surface area (Å²) in [5.74, 6) is 0. The van der Waals surface area contributed by atoms with Crippen LogP contribution in [0, 0.1) is 0 Å². The average Bonchev–Trinajstić information content (AvgIpc) is 3.73. The lowest BCUT2D eigenvalue weighted by molar-refractivity contribution is 0.771. The van der Waals surface area contributed by atoms with Gasteiger partial charge in [-0.25, -0.2) is 0 Å². The molecule has 45 heavy (non-hydrogen) atoms. The second kappa shape index (κ2) is 9.35. The largest absolute Gasteiger partial charge is 0.333 e. The molecule has 212 valence electrons. The molecule has 0 saturated heterocycles. The van der Waals surface area contributed by atoms with Crippen molar-refractivity contribution >= 4 is 55.7 Å². The van der Waals surface area contributed by atoms with Gasteiger partial charge in [0.1, 0.15) is 0 Å². The second-order valence-electron chi connectivity index (χ2n) is 12.1. The average molecular weight is 576 g/mol. The van der Waals surface area contributed by atoms with E-state index in [0.717, 1.165) is 6.42 Å². The number of benzene rings is 6. The molecule has 0 saturated carbocycles. The number of nitrogens with zero attached hydrogens (tertiary/aromatic N) is 3. The van der Waals surface area contributed by atoms with Crippen LogP contribution in [0.25, 0.3) is 55.7 Å². The van der Waals surface area contributed by atoms with E-state index in [1.165, 1.54) is 77.9 Å². The molecule has 0 N–H and O–H groups in total. The van der Waals surface area contributed by atoms with E-state index in [2.05, 4.69) is 172 Å². The Kier molecular flexibility index (Phi) is 5.11. The number of hydrogen-bond acceptors (Lipinski definition) is 1. The maximum Gasteiger partial charge on any atom is 0.0653 e. The Labute approximate surface area is 261 Å². The van der Waals surface area contributed by atoms with Crippen molar-refractivity contribution in [1.82, 2.24) is 9.13 Å². The van der Waals surface area contributed by atoms with Crippen LogP contribution in [0.5, 0.6) is 0 Å². The minimum Gasteiger partial charge on any atom is -0.333 e. The van der Waals surface area contributed by atoms with Crippen molar-refractivity contribution in [3.63, 3.8) is 0 Å². The molecule has 2 aliphatic rings. The highest BCUT2D eigenvalue weighted by atomic mass is 15.2. The van der Waals surface area contributed by atoms with Gasteiger partial charge < -0.3 is 14.0 Å². The van der Waals surface area contributed by atoms with Gasteiger partial charge in [0.05, 0.1) is 22.6 Å². The molecule has 0 radical (unpaired) electrons. The summed E-state index contributed by atoms with van der Waals surface area (Å²) in [5, 5.41) is 3.85. The van der Waals surface area contributed by atoms with Crippen LogP contribution >= 0.6 is 0 Å². The number of fused-ring (bicyclic) bond motifs is 9. The number of aromatic nitrogens is 2. The van der Waals surface area contributed by atoms with Crippen molar-refractivity contribution in [3.05, 3.63) is 168 Å². The lowest BCUT2D eigenvalue weighted by Gasteiger charge is -2.31. The van der Waals surface area contributed by atoms with Crippen molar-refractivity contribution in [3.8, 4) is 11.4 Å². The van der Waals surface area contributed by atoms with Crippen LogP contribution in [0.2, 0.25) is 0 Å². The van der Waals surface area contributed by atoms with Crippen LogP contribution in [-0.2, 0) is 6.42 Å². The smallest absolute Gasteiger partial charge is 0.0653 e. The van der Waals surface area contributed by atoms with Gasteiger partial charge in [0.15, 0.2) is 0 Å². The molecule has 1 aliphatic carbocycles. The molecule has 1 unspecified atom stereocenters. The van der Waals surface area contributed by atoms with Gasteiger partial charge in [0.2, 0.25) is 0 Å². The van der Waals surface area contributed by atoms with Crippen molar-refractivity contribution in [2.24, 2.45) is 0 Å². The summed E-state index contributed by atoms with van der Waals surface area (Å²) in [4.78, 5) is 2.54. The van der Waals surface area contributed by atoms with Gasteiger partial charge in [-0.3, -0.25) is 0 Å². The zero-order valence-corrected chi connectivity index (χ0v) is 24.6. The Morgan fingerprint density at radius 1 is 0.467 bits per heavy atom. The molecule has 0 bridgehead atoms. The summed E-state index contributed by atoms with van der Waals surface area (Å²) in [5.41, 5.74) is 14.1. The van der Waals surface area contributed by atoms with E-state index in [4.69, 9.17) is 0 Å². The molecular weight excluding hydrogens is 546 g/mol. The molecule has 6 aromatic carbocycles. The standard InChI is InChI=1S/C42H29N3/c1-3-13-28(14-4-1)43-37-20-10-7-17-31(37)34-25-30(23-24-40(34)43)45-39-22-12-9-19-33(39)36-26-35-32-18-8-11-21-38(32)44(41(35)27-42(36)45)29-15-5-2-6-16-29/h1-26,41H,27H2. The fraction of sp³-hybridized carbons (Fsp3) is 0.0476. The van der Waals surface area contributed by atoms with Crippen molar-refractivity contribution in [2.45, 2.75) is 12.5 Å². The molecule has 2 aromatic heterocycles. The summed E-state index contributed by atoms with van der Waals surface area (Å²) >= 11 is 0. The third kappa shape index (κ3) is 3.46. The Morgan fingerprint density at radius 3 is 1.89 bits per heavy atom. The van der Waals surface area contributed by atoms with Crippen LogP contribution in [0.3, 0.4) is 0 Å². The van der Waals surface area contributed by atoms with Crippen LogP contribution in [0.4, 0.5) is 11.4 Å². The summed E-state index contributed by atoms with van der Waals surface area (Å²) in [6, 6.07) is 55.4. The van der Waals surface area contributed by atoms with Crippen molar-refractivity contribution < 1.29 is 0 Å². The zero-order chi connectivity index (χ0) is 29.5. The van der Waals surface area contributed by atoms with E-state index in [-0.39, 0.29) is 6.04 Å². The summed E-state index contributed by atoms with van der Waals surface area (Å²) in [6.07, 6.45) is 3.40. The van der Waals surface area contributed by atoms with E-state index in [1.807, 2.05) is 0 Å². The molecular formula is C42H29N3. The first-order chi connectivity index (χ1) is 22.3. The highest BCUT2D eigenvalue weighted by molar-refractivity contribution is 6.10. The van der Waals surface area contributed by atoms with Gasteiger partial charge in [-0.2, -0.15) is 0 Å². The topological polar surface area (TPSA) is 13.1 Å². The van der Waals surface area contributed by atoms with Crippen molar-refractivity contribution in [1.29, 1.82) is 0 Å². The second-order valence-corrected chi connectivity index (χ2v) is 12.1. The summed E-state index contributed by atoms with van der Waals surface area (Å²) in [7, 11) is 0. The third-order valence-corrected chi connectivity index (χ3v) is 9.81. The lowest BCUT2D eigenvalue weighted by atomic mass is 9.89. The lowest BCUT2D eigenvalue weighted by Crippen LogP contribution is -2.31. The number of rotatable bonds is 3. The predicted molar refractivity (Wildman–Crippen MR) is 188 cm³/mol. The Balaban J connectivity index is 1.21. The Bertz CT molecular complexity index is 2460. The molecule has 0 spiro atoms. The van der Waals surface area contributed by atoms with E-state index in [9.17, 15) is 0 Å². The van der Waals surface area contributed by atoms with Gasteiger partial charge in [0, 0.05) is 62.1 Å². The third-order valence-electron chi connectivity index (χ3n) is 9.81. The Morgan fingerprint density at radius 2 is 1.09 bits per heavy atom. The van der Waals surface area contributed by atoms with Crippen LogP contribution < -0.4 is 4.90 Å². The van der Waals surface area contributed by atoms with Gasteiger partial charge in [0.25, 0.3) is 0 Å². The number of para-hydroxylation sites is 5. The van der Waals surface area contributed by atoms with Gasteiger partial charge >= 0.3 is 0 Å². The van der Waals surface area contributed by atoms with Crippen LogP contribution in [0.1, 0.15) is 16.8 Å². The molecule has 3 heterocycles. The first-order valence-corrected chi connectivity index (χ1v) is 15.7. The molecule has 0 amide bonds. The normalized spacial score (nSPS) is 15.3. The molecule has 0 fully saturated rings. The first kappa shape index (κ1) is 24.6. The van der Waals surface area contributed by atoms with E-state index >= 15 is 0 Å². The molecule has 3 nitrogen and oxygen atoms in total. The minimum atomic E-state index is 0.226. The number of anilines is 2. The summed E-state index contributed by atoms with van der Waals surface area (Å²) < 4.78 is 4.92. The molecule has 1 aliphatic heterocycles. The fourth-order valence-corrected chi connectivity index (χ4v) is 7.97. The zero-order valence-electron chi connectivity index (χ0n) is 24.6.